The zero-order chi connectivity index (χ0) is 9.42. The molecule has 0 radical (unpaired) electrons. The lowest BCUT2D eigenvalue weighted by Gasteiger charge is -2.33. The second kappa shape index (κ2) is 3.54. The van der Waals surface area contributed by atoms with Crippen molar-refractivity contribution in [2.24, 2.45) is 0 Å². The molecule has 0 aromatic rings. The third kappa shape index (κ3) is 1.86. The van der Waals surface area contributed by atoms with Crippen molar-refractivity contribution in [3.63, 3.8) is 0 Å². The highest BCUT2D eigenvalue weighted by Crippen LogP contribution is 2.34. The van der Waals surface area contributed by atoms with Crippen LogP contribution in [0.25, 0.3) is 0 Å². The van der Waals surface area contributed by atoms with E-state index >= 15 is 0 Å². The molecule has 2 nitrogen and oxygen atoms in total. The van der Waals surface area contributed by atoms with Crippen molar-refractivity contribution in [1.82, 2.24) is 4.90 Å². The Bertz CT molecular complexity index is 235. The highest BCUT2D eigenvalue weighted by Gasteiger charge is 2.39. The Labute approximate surface area is 87.1 Å². The Balaban J connectivity index is 2.06. The first-order chi connectivity index (χ1) is 6.16. The van der Waals surface area contributed by atoms with Gasteiger partial charge in [-0.1, -0.05) is 22.5 Å². The predicted molar refractivity (Wildman–Crippen MR) is 55.8 cm³/mol. The lowest BCUT2D eigenvalue weighted by atomic mass is 10.0. The van der Waals surface area contributed by atoms with Crippen molar-refractivity contribution in [3.8, 4) is 0 Å². The minimum Gasteiger partial charge on any atom is -0.300 e. The van der Waals surface area contributed by atoms with Gasteiger partial charge in [0.25, 0.3) is 0 Å². The first-order valence-electron chi connectivity index (χ1n) is 4.77. The summed E-state index contributed by atoms with van der Waals surface area (Å²) in [7, 11) is 0. The molecule has 0 aromatic carbocycles. The van der Waals surface area contributed by atoms with Crippen molar-refractivity contribution >= 4 is 21.7 Å². The van der Waals surface area contributed by atoms with E-state index in [-0.39, 0.29) is 0 Å². The van der Waals surface area contributed by atoms with Crippen LogP contribution in [0.1, 0.15) is 25.7 Å². The van der Waals surface area contributed by atoms with Crippen LogP contribution in [0, 0.1) is 0 Å². The Hall–Kier alpha value is -0.150. The molecule has 2 heterocycles. The van der Waals surface area contributed by atoms with Crippen molar-refractivity contribution in [2.75, 3.05) is 6.54 Å². The maximum Gasteiger partial charge on any atom is 0.136 e. The molecule has 2 aliphatic heterocycles. The van der Waals surface area contributed by atoms with E-state index < -0.39 is 0 Å². The summed E-state index contributed by atoms with van der Waals surface area (Å²) in [5, 5.41) is 0. The number of hydrogen-bond donors (Lipinski definition) is 0. The van der Waals surface area contributed by atoms with E-state index in [0.29, 0.717) is 17.9 Å². The van der Waals surface area contributed by atoms with Gasteiger partial charge in [-0.3, -0.25) is 9.69 Å². The first-order valence-corrected chi connectivity index (χ1v) is 5.57. The number of carbonyl (C=O) groups is 1. The number of halogens is 1. The molecule has 0 aliphatic carbocycles. The van der Waals surface area contributed by atoms with E-state index in [9.17, 15) is 4.79 Å². The summed E-state index contributed by atoms with van der Waals surface area (Å²) in [5.74, 6) is 0.448. The summed E-state index contributed by atoms with van der Waals surface area (Å²) in [4.78, 5) is 13.7. The third-order valence-corrected chi connectivity index (χ3v) is 3.30. The van der Waals surface area contributed by atoms with Gasteiger partial charge in [-0.05, 0) is 12.8 Å². The summed E-state index contributed by atoms with van der Waals surface area (Å²) < 4.78 is 1.03. The largest absolute Gasteiger partial charge is 0.300 e. The minimum absolute atomic E-state index is 0.448. The van der Waals surface area contributed by atoms with Crippen LogP contribution >= 0.6 is 15.9 Å². The Kier molecular flexibility index (Phi) is 2.56. The van der Waals surface area contributed by atoms with Crippen LogP contribution in [-0.2, 0) is 4.79 Å². The molecule has 2 aliphatic rings. The van der Waals surface area contributed by atoms with E-state index in [2.05, 4.69) is 27.4 Å². The van der Waals surface area contributed by atoms with Crippen LogP contribution in [0.2, 0.25) is 0 Å². The molecule has 2 fully saturated rings. The van der Waals surface area contributed by atoms with Crippen LogP contribution < -0.4 is 0 Å². The summed E-state index contributed by atoms with van der Waals surface area (Å²) in [5.41, 5.74) is 0. The highest BCUT2D eigenvalue weighted by molar-refractivity contribution is 9.11. The summed E-state index contributed by atoms with van der Waals surface area (Å²) in [6.45, 7) is 4.76. The van der Waals surface area contributed by atoms with Gasteiger partial charge in [0.2, 0.25) is 0 Å². The SMILES string of the molecule is C=C(Br)CN1C2CCC1CC(=O)C2. The van der Waals surface area contributed by atoms with E-state index in [4.69, 9.17) is 0 Å². The molecular weight excluding hydrogens is 230 g/mol. The van der Waals surface area contributed by atoms with Crippen LogP contribution in [0.15, 0.2) is 11.1 Å². The van der Waals surface area contributed by atoms with Gasteiger partial charge >= 0.3 is 0 Å². The van der Waals surface area contributed by atoms with Gasteiger partial charge in [-0.25, -0.2) is 0 Å². The molecule has 0 spiro atoms. The minimum atomic E-state index is 0.448. The van der Waals surface area contributed by atoms with Gasteiger partial charge in [0.05, 0.1) is 0 Å². The van der Waals surface area contributed by atoms with Crippen molar-refractivity contribution in [1.29, 1.82) is 0 Å². The molecule has 0 saturated carbocycles. The van der Waals surface area contributed by atoms with E-state index in [1.54, 1.807) is 0 Å². The van der Waals surface area contributed by atoms with Crippen LogP contribution in [-0.4, -0.2) is 29.3 Å². The van der Waals surface area contributed by atoms with E-state index in [0.717, 1.165) is 23.9 Å². The first kappa shape index (κ1) is 9.41. The maximum absolute atomic E-state index is 11.3. The average molecular weight is 244 g/mol. The smallest absolute Gasteiger partial charge is 0.136 e. The highest BCUT2D eigenvalue weighted by atomic mass is 79.9. The fourth-order valence-electron chi connectivity index (χ4n) is 2.52. The molecule has 3 heteroatoms. The Morgan fingerprint density at radius 3 is 2.46 bits per heavy atom. The number of rotatable bonds is 2. The fraction of sp³-hybridized carbons (Fsp3) is 0.700. The molecule has 2 rings (SSSR count). The van der Waals surface area contributed by atoms with Crippen LogP contribution in [0.5, 0.6) is 0 Å². The number of nitrogens with zero attached hydrogens (tertiary/aromatic N) is 1. The van der Waals surface area contributed by atoms with E-state index in [1.807, 2.05) is 0 Å². The molecular formula is C10H14BrNO. The standard InChI is InChI=1S/C10H14BrNO/c1-7(11)6-12-8-2-3-9(12)5-10(13)4-8/h8-9H,1-6H2. The van der Waals surface area contributed by atoms with E-state index in [1.165, 1.54) is 12.8 Å². The normalized spacial score (nSPS) is 33.8. The topological polar surface area (TPSA) is 20.3 Å². The fourth-order valence-corrected chi connectivity index (χ4v) is 2.81. The van der Waals surface area contributed by atoms with Gasteiger partial charge in [-0.15, -0.1) is 0 Å². The molecule has 0 amide bonds. The Morgan fingerprint density at radius 1 is 1.46 bits per heavy atom. The van der Waals surface area contributed by atoms with Crippen molar-refractivity contribution in [2.45, 2.75) is 37.8 Å². The van der Waals surface area contributed by atoms with Crippen LogP contribution in [0.3, 0.4) is 0 Å². The number of ketones is 1. The van der Waals surface area contributed by atoms with Crippen molar-refractivity contribution in [3.05, 3.63) is 11.1 Å². The number of Topliss-reactive ketones (excluding diaryl/α,β-unsaturated/α-hetero) is 1. The molecule has 2 atom stereocenters. The molecule has 0 aromatic heterocycles. The lowest BCUT2D eigenvalue weighted by Crippen LogP contribution is -2.43. The van der Waals surface area contributed by atoms with Gasteiger partial charge in [0.1, 0.15) is 5.78 Å². The van der Waals surface area contributed by atoms with Crippen molar-refractivity contribution < 1.29 is 4.79 Å². The zero-order valence-corrected chi connectivity index (χ0v) is 9.22. The number of piperidine rings is 1. The zero-order valence-electron chi connectivity index (χ0n) is 7.63. The van der Waals surface area contributed by atoms with Crippen LogP contribution in [0.4, 0.5) is 0 Å². The quantitative estimate of drug-likeness (QED) is 0.741. The lowest BCUT2D eigenvalue weighted by molar-refractivity contribution is -0.123. The predicted octanol–water partition coefficient (Wildman–Crippen LogP) is 2.09. The van der Waals surface area contributed by atoms with Gasteiger partial charge in [0.15, 0.2) is 0 Å². The number of hydrogen-bond acceptors (Lipinski definition) is 2. The summed E-state index contributed by atoms with van der Waals surface area (Å²) in [6, 6.07) is 1.00. The molecule has 2 bridgehead atoms. The monoisotopic (exact) mass is 243 g/mol. The van der Waals surface area contributed by atoms with Gasteiger partial charge in [-0.2, -0.15) is 0 Å². The molecule has 2 saturated heterocycles. The average Bonchev–Trinajstić information content (AvgIpc) is 2.32. The summed E-state index contributed by atoms with van der Waals surface area (Å²) in [6.07, 6.45) is 3.90. The number of fused-ring (bicyclic) bond motifs is 2. The third-order valence-electron chi connectivity index (χ3n) is 3.05. The summed E-state index contributed by atoms with van der Waals surface area (Å²) >= 11 is 3.39. The molecule has 13 heavy (non-hydrogen) atoms. The number of carbonyl (C=O) groups excluding carboxylic acids is 1. The van der Waals surface area contributed by atoms with Gasteiger partial charge < -0.3 is 0 Å². The molecule has 0 N–H and O–H groups in total. The molecule has 2 unspecified atom stereocenters. The maximum atomic E-state index is 11.3. The molecule has 72 valence electrons. The van der Waals surface area contributed by atoms with Gasteiger partial charge in [0, 0.05) is 36.0 Å². The second-order valence-corrected chi connectivity index (χ2v) is 5.14. The second-order valence-electron chi connectivity index (χ2n) is 4.02. The Morgan fingerprint density at radius 2 is 2.00 bits per heavy atom.